The number of hydrogen-bond donors (Lipinski definition) is 1. The lowest BCUT2D eigenvalue weighted by molar-refractivity contribution is -0.149. The molecule has 2 unspecified atom stereocenters. The Morgan fingerprint density at radius 2 is 1.86 bits per heavy atom. The number of thioether (sulfide) groups is 1. The summed E-state index contributed by atoms with van der Waals surface area (Å²) in [4.78, 5) is 48.9. The average molecular weight is 609 g/mol. The molecule has 3 saturated heterocycles. The predicted octanol–water partition coefficient (Wildman–Crippen LogP) is 3.33. The summed E-state index contributed by atoms with van der Waals surface area (Å²) in [6, 6.07) is 6.15. The molecule has 1 N–H and O–H groups in total. The van der Waals surface area contributed by atoms with E-state index in [2.05, 4.69) is 30.4 Å². The van der Waals surface area contributed by atoms with Crippen LogP contribution in [0.5, 0.6) is 0 Å². The first-order chi connectivity index (χ1) is 20.6. The van der Waals surface area contributed by atoms with Crippen molar-refractivity contribution < 1.29 is 19.5 Å². The monoisotopic (exact) mass is 608 g/mol. The fourth-order valence-electron chi connectivity index (χ4n) is 7.64. The summed E-state index contributed by atoms with van der Waals surface area (Å²) in [5.41, 5.74) is 1.52. The number of para-hydroxylation sites is 1. The summed E-state index contributed by atoms with van der Waals surface area (Å²) < 4.78 is 0.415. The van der Waals surface area contributed by atoms with Gasteiger partial charge >= 0.3 is 0 Å². The lowest BCUT2D eigenvalue weighted by Crippen LogP contribution is -2.58. The van der Waals surface area contributed by atoms with Crippen LogP contribution in [0.25, 0.3) is 11.0 Å². The highest BCUT2D eigenvalue weighted by atomic mass is 32.2. The topological polar surface area (TPSA) is 112 Å². The van der Waals surface area contributed by atoms with Crippen molar-refractivity contribution in [2.24, 2.45) is 17.8 Å². The molecular weight excluding hydrogens is 564 g/mol. The maximum atomic E-state index is 14.9. The van der Waals surface area contributed by atoms with Crippen molar-refractivity contribution in [1.29, 1.82) is 0 Å². The number of fused-ring (bicyclic) bond motifs is 2. The van der Waals surface area contributed by atoms with E-state index in [1.165, 1.54) is 0 Å². The smallest absolute Gasteiger partial charge is 0.248 e. The number of likely N-dealkylation sites (tertiary alicyclic amines) is 1. The van der Waals surface area contributed by atoms with E-state index in [1.54, 1.807) is 43.3 Å². The predicted molar refractivity (Wildman–Crippen MR) is 168 cm³/mol. The van der Waals surface area contributed by atoms with Crippen molar-refractivity contribution in [3.63, 3.8) is 0 Å². The van der Waals surface area contributed by atoms with Gasteiger partial charge in [0.05, 0.1) is 34.7 Å². The number of carbonyl (C=O) groups excluding carboxylic acids is 3. The standard InChI is InChI=1S/C32H44N6O4S/c1-7-16-35(17-8-2)28(40)25-26-29(41)38(24(19-39)21(4)5)27(32(26)15-14-31(25,6)43-32)30(42)36(18-9-3)20-37-23-13-11-10-12-22(23)33-34-37/h7,9-13,21,24-27,39H,1,3,8,14-20H2,2,4-6H3/t24-,25+,26-,27?,31-,32?/m0/s1. The molecule has 1 aromatic carbocycles. The maximum Gasteiger partial charge on any atom is 0.248 e. The molecule has 3 fully saturated rings. The summed E-state index contributed by atoms with van der Waals surface area (Å²) in [6.07, 6.45) is 5.55. The van der Waals surface area contributed by atoms with Gasteiger partial charge in [-0.25, -0.2) is 4.68 Å². The van der Waals surface area contributed by atoms with Crippen molar-refractivity contribution in [2.75, 3.05) is 26.2 Å². The molecule has 232 valence electrons. The number of aliphatic hydroxyl groups is 1. The Labute approximate surface area is 258 Å². The molecular formula is C32H44N6O4S. The number of amides is 3. The highest BCUT2D eigenvalue weighted by Crippen LogP contribution is 2.72. The molecule has 4 heterocycles. The fourth-order valence-corrected chi connectivity index (χ4v) is 9.97. The van der Waals surface area contributed by atoms with Crippen molar-refractivity contribution in [2.45, 2.75) is 75.2 Å². The van der Waals surface area contributed by atoms with Gasteiger partial charge in [0, 0.05) is 24.4 Å². The van der Waals surface area contributed by atoms with E-state index < -0.39 is 33.4 Å². The molecule has 5 rings (SSSR count). The number of rotatable bonds is 13. The van der Waals surface area contributed by atoms with Gasteiger partial charge in [-0.05, 0) is 44.2 Å². The molecule has 43 heavy (non-hydrogen) atoms. The maximum absolute atomic E-state index is 14.9. The number of aliphatic hydroxyl groups excluding tert-OH is 1. The van der Waals surface area contributed by atoms with Gasteiger partial charge in [-0.1, -0.05) is 50.3 Å². The minimum absolute atomic E-state index is 0.0492. The molecule has 0 saturated carbocycles. The molecule has 11 heteroatoms. The van der Waals surface area contributed by atoms with E-state index in [4.69, 9.17) is 0 Å². The van der Waals surface area contributed by atoms with Gasteiger partial charge in [-0.2, -0.15) is 0 Å². The normalized spacial score (nSPS) is 28.4. The third-order valence-corrected chi connectivity index (χ3v) is 11.6. The van der Waals surface area contributed by atoms with Crippen molar-refractivity contribution in [3.05, 3.63) is 49.6 Å². The van der Waals surface area contributed by atoms with Crippen LogP contribution < -0.4 is 0 Å². The Kier molecular flexibility index (Phi) is 8.77. The van der Waals surface area contributed by atoms with Crippen LogP contribution in [0.3, 0.4) is 0 Å². The lowest BCUT2D eigenvalue weighted by Gasteiger charge is -2.40. The summed E-state index contributed by atoms with van der Waals surface area (Å²) in [6.45, 7) is 16.9. The summed E-state index contributed by atoms with van der Waals surface area (Å²) in [5.74, 6) is -1.81. The van der Waals surface area contributed by atoms with Gasteiger partial charge in [-0.15, -0.1) is 30.0 Å². The summed E-state index contributed by atoms with van der Waals surface area (Å²) in [7, 11) is 0. The zero-order chi connectivity index (χ0) is 31.1. The zero-order valence-corrected chi connectivity index (χ0v) is 26.5. The minimum atomic E-state index is -0.844. The van der Waals surface area contributed by atoms with Gasteiger partial charge in [0.25, 0.3) is 0 Å². The van der Waals surface area contributed by atoms with E-state index in [1.807, 2.05) is 45.0 Å². The molecule has 6 atom stereocenters. The van der Waals surface area contributed by atoms with Crippen LogP contribution in [0.1, 0.15) is 47.0 Å². The van der Waals surface area contributed by atoms with Crippen LogP contribution in [0.15, 0.2) is 49.6 Å². The Morgan fingerprint density at radius 1 is 1.16 bits per heavy atom. The summed E-state index contributed by atoms with van der Waals surface area (Å²) >= 11 is 1.65. The van der Waals surface area contributed by atoms with Gasteiger partial charge in [0.1, 0.15) is 18.2 Å². The molecule has 2 bridgehead atoms. The first kappa shape index (κ1) is 31.3. The van der Waals surface area contributed by atoms with Crippen molar-refractivity contribution in [3.8, 4) is 0 Å². The highest BCUT2D eigenvalue weighted by Gasteiger charge is 2.78. The lowest BCUT2D eigenvalue weighted by atomic mass is 9.66. The Balaban J connectivity index is 1.59. The van der Waals surface area contributed by atoms with Gasteiger partial charge < -0.3 is 19.8 Å². The Hall–Kier alpha value is -3.18. The third kappa shape index (κ3) is 4.98. The number of aromatic nitrogens is 3. The fraction of sp³-hybridized carbons (Fsp3) is 0.594. The molecule has 10 nitrogen and oxygen atoms in total. The second-order valence-electron chi connectivity index (χ2n) is 12.6. The van der Waals surface area contributed by atoms with E-state index in [9.17, 15) is 19.5 Å². The molecule has 1 spiro atoms. The van der Waals surface area contributed by atoms with Gasteiger partial charge in [-0.3, -0.25) is 14.4 Å². The molecule has 0 aliphatic carbocycles. The number of hydrogen-bond acceptors (Lipinski definition) is 7. The van der Waals surface area contributed by atoms with Crippen molar-refractivity contribution in [1.82, 2.24) is 29.7 Å². The van der Waals surface area contributed by atoms with E-state index in [0.29, 0.717) is 19.5 Å². The summed E-state index contributed by atoms with van der Waals surface area (Å²) in [5, 5.41) is 19.1. The molecule has 2 aromatic rings. The first-order valence-electron chi connectivity index (χ1n) is 15.3. The third-order valence-electron chi connectivity index (χ3n) is 9.57. The van der Waals surface area contributed by atoms with Crippen LogP contribution in [0, 0.1) is 17.8 Å². The van der Waals surface area contributed by atoms with Crippen LogP contribution in [0.4, 0.5) is 0 Å². The van der Waals surface area contributed by atoms with Gasteiger partial charge in [0.2, 0.25) is 17.7 Å². The zero-order valence-electron chi connectivity index (χ0n) is 25.7. The van der Waals surface area contributed by atoms with Crippen LogP contribution in [-0.2, 0) is 21.1 Å². The molecule has 3 aliphatic heterocycles. The second-order valence-corrected chi connectivity index (χ2v) is 14.5. The first-order valence-corrected chi connectivity index (χ1v) is 16.1. The quantitative estimate of drug-likeness (QED) is 0.347. The number of nitrogens with zero attached hydrogens (tertiary/aromatic N) is 6. The van der Waals surface area contributed by atoms with Crippen LogP contribution >= 0.6 is 11.8 Å². The van der Waals surface area contributed by atoms with E-state index in [0.717, 1.165) is 23.9 Å². The van der Waals surface area contributed by atoms with Crippen molar-refractivity contribution >= 4 is 40.5 Å². The Bertz CT molecular complexity index is 1410. The number of carbonyl (C=O) groups is 3. The van der Waals surface area contributed by atoms with E-state index >= 15 is 0 Å². The second kappa shape index (κ2) is 12.1. The number of benzene rings is 1. The SMILES string of the molecule is C=CCN(Cn1nnc2ccccc21)C(=O)C1N([C@@H](CO)C(C)C)C(=O)[C@@H]2[C@H](C(=O)N(CC=C)CCC)[C@]3(C)CCC12S3. The molecule has 0 radical (unpaired) electrons. The molecule has 3 amide bonds. The average Bonchev–Trinajstić information content (AvgIpc) is 3.68. The van der Waals surface area contributed by atoms with E-state index in [-0.39, 0.29) is 43.5 Å². The minimum Gasteiger partial charge on any atom is -0.394 e. The Morgan fingerprint density at radius 3 is 2.51 bits per heavy atom. The highest BCUT2D eigenvalue weighted by molar-refractivity contribution is 8.02. The molecule has 3 aliphatic rings. The molecule has 1 aromatic heterocycles. The van der Waals surface area contributed by atoms with Crippen LogP contribution in [-0.4, -0.2) is 100 Å². The largest absolute Gasteiger partial charge is 0.394 e. The van der Waals surface area contributed by atoms with Gasteiger partial charge in [0.15, 0.2) is 0 Å². The van der Waals surface area contributed by atoms with Crippen LogP contribution in [0.2, 0.25) is 0 Å².